The zero-order valence-electron chi connectivity index (χ0n) is 10.8. The molecule has 6 nitrogen and oxygen atoms in total. The van der Waals surface area contributed by atoms with E-state index in [-0.39, 0.29) is 26.0 Å². The van der Waals surface area contributed by atoms with Crippen molar-refractivity contribution in [3.8, 4) is 0 Å². The Hall–Kier alpha value is -2.26. The Balaban J connectivity index is 2.11. The molecule has 0 aliphatic carbocycles. The summed E-state index contributed by atoms with van der Waals surface area (Å²) in [6.07, 6.45) is 0. The molecule has 0 unspecified atom stereocenters. The Labute approximate surface area is 133 Å². The van der Waals surface area contributed by atoms with Crippen molar-refractivity contribution in [2.45, 2.75) is 0 Å². The maximum atomic E-state index is 13.7. The van der Waals surface area contributed by atoms with E-state index in [4.69, 9.17) is 17.3 Å². The highest BCUT2D eigenvalue weighted by molar-refractivity contribution is 8.26. The molecule has 1 aromatic rings. The quantitative estimate of drug-likeness (QED) is 0.627. The zero-order valence-corrected chi connectivity index (χ0v) is 12.4. The monoisotopic (exact) mass is 338 g/mol. The molecule has 0 saturated carbocycles. The van der Waals surface area contributed by atoms with E-state index in [9.17, 15) is 18.8 Å². The second kappa shape index (κ2) is 5.18. The molecule has 2 aliphatic heterocycles. The minimum atomic E-state index is -1.22. The molecule has 1 aromatic carbocycles. The molecule has 2 N–H and O–H groups in total. The average Bonchev–Trinajstić information content (AvgIpc) is 2.90. The van der Waals surface area contributed by atoms with Crippen LogP contribution < -0.4 is 5.32 Å². The summed E-state index contributed by atoms with van der Waals surface area (Å²) in [6.45, 7) is -0.584. The molecule has 22 heavy (non-hydrogen) atoms. The molecule has 0 aromatic heterocycles. The molecule has 0 spiro atoms. The van der Waals surface area contributed by atoms with Crippen LogP contribution in [0.3, 0.4) is 0 Å². The number of para-hydroxylation sites is 1. The second-order valence-electron chi connectivity index (χ2n) is 4.47. The van der Waals surface area contributed by atoms with Crippen molar-refractivity contribution >= 4 is 57.3 Å². The van der Waals surface area contributed by atoms with Crippen LogP contribution >= 0.6 is 24.0 Å². The first-order valence-electron chi connectivity index (χ1n) is 6.00. The van der Waals surface area contributed by atoms with Gasteiger partial charge in [-0.2, -0.15) is 0 Å². The summed E-state index contributed by atoms with van der Waals surface area (Å²) < 4.78 is 13.8. The van der Waals surface area contributed by atoms with Crippen LogP contribution in [0.15, 0.2) is 23.1 Å². The van der Waals surface area contributed by atoms with E-state index < -0.39 is 30.1 Å². The van der Waals surface area contributed by atoms with Crippen LogP contribution in [0.2, 0.25) is 0 Å². The maximum Gasteiger partial charge on any atom is 0.323 e. The first kappa shape index (κ1) is 14.7. The molecule has 9 heteroatoms. The third-order valence-electron chi connectivity index (χ3n) is 3.12. The van der Waals surface area contributed by atoms with Crippen LogP contribution in [-0.4, -0.2) is 38.7 Å². The van der Waals surface area contributed by atoms with Crippen LogP contribution in [0.4, 0.5) is 10.1 Å². The summed E-state index contributed by atoms with van der Waals surface area (Å²) in [5.41, 5.74) is 0.284. The number of hydrogen-bond donors (Lipinski definition) is 2. The third-order valence-corrected chi connectivity index (χ3v) is 4.57. The minimum absolute atomic E-state index is 0.00556. The van der Waals surface area contributed by atoms with E-state index in [1.807, 2.05) is 0 Å². The molecular formula is C13H7FN2O4S2. The highest BCUT2D eigenvalue weighted by Crippen LogP contribution is 2.42. The summed E-state index contributed by atoms with van der Waals surface area (Å²) in [5, 5.41) is 11.2. The molecule has 0 radical (unpaired) electrons. The molecule has 1 fully saturated rings. The molecular weight excluding hydrogens is 331 g/mol. The summed E-state index contributed by atoms with van der Waals surface area (Å²) in [4.78, 5) is 36.1. The van der Waals surface area contributed by atoms with Gasteiger partial charge in [-0.3, -0.25) is 19.3 Å². The van der Waals surface area contributed by atoms with Gasteiger partial charge in [-0.15, -0.1) is 0 Å². The topological polar surface area (TPSA) is 86.7 Å². The Morgan fingerprint density at radius 1 is 1.41 bits per heavy atom. The van der Waals surface area contributed by atoms with Gasteiger partial charge in [-0.05, 0) is 6.07 Å². The fourth-order valence-corrected chi connectivity index (χ4v) is 3.54. The third kappa shape index (κ3) is 2.18. The van der Waals surface area contributed by atoms with E-state index in [0.29, 0.717) is 0 Å². The van der Waals surface area contributed by atoms with Crippen molar-refractivity contribution in [1.82, 2.24) is 4.90 Å². The van der Waals surface area contributed by atoms with Crippen molar-refractivity contribution in [2.24, 2.45) is 0 Å². The number of carboxylic acids is 1. The minimum Gasteiger partial charge on any atom is -0.480 e. The standard InChI is InChI=1S/C13H7FN2O4S2/c14-6-3-1-2-5-8(11(19)15-9(5)6)10-12(20)16(4-7(17)18)13(21)22-10/h1-3H,4H2,(H,15,19)(H,17,18)/b10-8-. The smallest absolute Gasteiger partial charge is 0.323 e. The van der Waals surface area contributed by atoms with Crippen molar-refractivity contribution in [3.05, 3.63) is 34.5 Å². The van der Waals surface area contributed by atoms with E-state index in [2.05, 4.69) is 5.32 Å². The maximum absolute atomic E-state index is 13.7. The second-order valence-corrected chi connectivity index (χ2v) is 6.12. The zero-order chi connectivity index (χ0) is 16.0. The number of rotatable bonds is 2. The number of thiocarbonyl (C=S) groups is 1. The van der Waals surface area contributed by atoms with Crippen LogP contribution in [0.25, 0.3) is 5.57 Å². The number of nitrogens with one attached hydrogen (secondary N) is 1. The summed E-state index contributed by atoms with van der Waals surface area (Å²) in [5.74, 6) is -3.11. The van der Waals surface area contributed by atoms with Gasteiger partial charge in [0.1, 0.15) is 16.7 Å². The van der Waals surface area contributed by atoms with Crippen molar-refractivity contribution in [3.63, 3.8) is 0 Å². The largest absolute Gasteiger partial charge is 0.480 e. The lowest BCUT2D eigenvalue weighted by Crippen LogP contribution is -2.33. The number of benzene rings is 1. The number of aliphatic carboxylic acids is 1. The predicted molar refractivity (Wildman–Crippen MR) is 81.5 cm³/mol. The fourth-order valence-electron chi connectivity index (χ4n) is 2.20. The van der Waals surface area contributed by atoms with Gasteiger partial charge in [0, 0.05) is 5.56 Å². The number of thioether (sulfide) groups is 1. The average molecular weight is 338 g/mol. The highest BCUT2D eigenvalue weighted by atomic mass is 32.2. The number of halogens is 1. The van der Waals surface area contributed by atoms with Gasteiger partial charge in [-0.25, -0.2) is 4.39 Å². The normalized spacial score (nSPS) is 20.4. The number of carbonyl (C=O) groups is 3. The van der Waals surface area contributed by atoms with Gasteiger partial charge in [-0.1, -0.05) is 36.1 Å². The molecule has 2 amide bonds. The van der Waals surface area contributed by atoms with Gasteiger partial charge < -0.3 is 10.4 Å². The lowest BCUT2D eigenvalue weighted by molar-refractivity contribution is -0.140. The van der Waals surface area contributed by atoms with Gasteiger partial charge in [0.2, 0.25) is 0 Å². The number of fused-ring (bicyclic) bond motifs is 1. The van der Waals surface area contributed by atoms with Crippen LogP contribution in [0.5, 0.6) is 0 Å². The number of nitrogens with zero attached hydrogens (tertiary/aromatic N) is 1. The molecule has 0 bridgehead atoms. The summed E-state index contributed by atoms with van der Waals surface area (Å²) in [6, 6.07) is 4.12. The van der Waals surface area contributed by atoms with Gasteiger partial charge in [0.15, 0.2) is 0 Å². The van der Waals surface area contributed by atoms with E-state index >= 15 is 0 Å². The number of carbonyl (C=O) groups excluding carboxylic acids is 2. The lowest BCUT2D eigenvalue weighted by atomic mass is 10.1. The number of carboxylic acid groups (broad SMARTS) is 1. The van der Waals surface area contributed by atoms with Crippen molar-refractivity contribution in [1.29, 1.82) is 0 Å². The summed E-state index contributed by atoms with van der Waals surface area (Å²) >= 11 is 5.81. The van der Waals surface area contributed by atoms with E-state index in [0.717, 1.165) is 16.7 Å². The molecule has 112 valence electrons. The molecule has 2 aliphatic rings. The van der Waals surface area contributed by atoms with E-state index in [1.54, 1.807) is 0 Å². The summed E-state index contributed by atoms with van der Waals surface area (Å²) in [7, 11) is 0. The number of anilines is 1. The highest BCUT2D eigenvalue weighted by Gasteiger charge is 2.40. The molecule has 1 saturated heterocycles. The predicted octanol–water partition coefficient (Wildman–Crippen LogP) is 1.43. The fraction of sp³-hybridized carbons (Fsp3) is 0.0769. The van der Waals surface area contributed by atoms with E-state index in [1.165, 1.54) is 18.2 Å². The number of amides is 2. The van der Waals surface area contributed by atoms with Crippen LogP contribution in [0, 0.1) is 5.82 Å². The Morgan fingerprint density at radius 2 is 2.14 bits per heavy atom. The Kier molecular flexibility index (Phi) is 3.45. The first-order chi connectivity index (χ1) is 10.4. The molecule has 3 rings (SSSR count). The molecule has 0 atom stereocenters. The SMILES string of the molecule is O=C(O)CN1C(=O)/C(=C2/C(=O)Nc3c(F)cccc32)SC1=S. The molecule has 2 heterocycles. The van der Waals surface area contributed by atoms with Gasteiger partial charge in [0.05, 0.1) is 16.2 Å². The van der Waals surface area contributed by atoms with Gasteiger partial charge in [0.25, 0.3) is 11.8 Å². The van der Waals surface area contributed by atoms with Crippen LogP contribution in [-0.2, 0) is 14.4 Å². The number of hydrogen-bond acceptors (Lipinski definition) is 5. The van der Waals surface area contributed by atoms with Gasteiger partial charge >= 0.3 is 5.97 Å². The van der Waals surface area contributed by atoms with Crippen molar-refractivity contribution in [2.75, 3.05) is 11.9 Å². The lowest BCUT2D eigenvalue weighted by Gasteiger charge is -2.10. The van der Waals surface area contributed by atoms with Crippen molar-refractivity contribution < 1.29 is 23.9 Å². The van der Waals surface area contributed by atoms with Crippen LogP contribution in [0.1, 0.15) is 5.56 Å². The Bertz CT molecular complexity index is 790. The Morgan fingerprint density at radius 3 is 2.82 bits per heavy atom. The first-order valence-corrected chi connectivity index (χ1v) is 7.22.